The predicted octanol–water partition coefficient (Wildman–Crippen LogP) is 4.55. The minimum Gasteiger partial charge on any atom is -0.454 e. The minimum absolute atomic E-state index is 0.164. The van der Waals surface area contributed by atoms with Crippen molar-refractivity contribution in [1.82, 2.24) is 35.1 Å². The molecule has 0 bridgehead atoms. The number of nitrogens with one attached hydrogen (secondary N) is 1. The normalized spacial score (nSPS) is 15.7. The van der Waals surface area contributed by atoms with Gasteiger partial charge in [-0.25, -0.2) is 4.68 Å². The molecular weight excluding hydrogens is 506 g/mol. The Morgan fingerprint density at radius 1 is 0.975 bits per heavy atom. The zero-order valence-corrected chi connectivity index (χ0v) is 21.9. The molecule has 10 nitrogen and oxygen atoms in total. The average Bonchev–Trinajstić information content (AvgIpc) is 3.76. The Kier molecular flexibility index (Phi) is 6.45. The monoisotopic (exact) mass is 535 g/mol. The third-order valence-electron chi connectivity index (χ3n) is 7.80. The van der Waals surface area contributed by atoms with Gasteiger partial charge in [0.2, 0.25) is 6.79 Å². The molecule has 0 saturated heterocycles. The van der Waals surface area contributed by atoms with Crippen molar-refractivity contribution in [2.75, 3.05) is 6.79 Å². The number of rotatable bonds is 8. The first kappa shape index (κ1) is 24.5. The number of fused-ring (bicyclic) bond motifs is 2. The maximum absolute atomic E-state index is 13.9. The molecule has 1 aliphatic heterocycles. The predicted molar refractivity (Wildman–Crippen MR) is 148 cm³/mol. The van der Waals surface area contributed by atoms with Gasteiger partial charge in [0.1, 0.15) is 6.04 Å². The average molecular weight is 536 g/mol. The second-order valence-corrected chi connectivity index (χ2v) is 10.4. The van der Waals surface area contributed by atoms with Gasteiger partial charge in [0, 0.05) is 42.5 Å². The molecule has 1 unspecified atom stereocenters. The van der Waals surface area contributed by atoms with Gasteiger partial charge in [-0.15, -0.1) is 5.10 Å². The van der Waals surface area contributed by atoms with Crippen LogP contribution in [0.5, 0.6) is 11.5 Å². The Morgan fingerprint density at radius 3 is 2.55 bits per heavy atom. The van der Waals surface area contributed by atoms with Crippen LogP contribution in [0, 0.1) is 0 Å². The molecule has 1 N–H and O–H groups in total. The number of nitrogens with zero attached hydrogens (tertiary/aromatic N) is 6. The molecule has 1 saturated carbocycles. The van der Waals surface area contributed by atoms with Crippen LogP contribution in [0.4, 0.5) is 0 Å². The standard InChI is InChI=1S/C30H29N7O3/c38-30-24(13-22-14-26-27(40-19-39-26)15-25(22)32-30)28(29-33-34-35-37(29)23-10-4-5-11-23)36(17-20-7-2-1-3-8-20)18-21-9-6-12-31-16-21/h1-3,6-9,12-16,23,28H,4-5,10-11,17-19H2,(H,32,38). The maximum Gasteiger partial charge on any atom is 0.253 e. The highest BCUT2D eigenvalue weighted by Gasteiger charge is 2.33. The summed E-state index contributed by atoms with van der Waals surface area (Å²) < 4.78 is 13.1. The molecule has 5 aromatic rings. The van der Waals surface area contributed by atoms with E-state index >= 15 is 0 Å². The Hall–Kier alpha value is -4.57. The van der Waals surface area contributed by atoms with E-state index in [0.29, 0.717) is 41.5 Å². The fraction of sp³-hybridized carbons (Fsp3) is 0.300. The lowest BCUT2D eigenvalue weighted by Gasteiger charge is -2.31. The number of benzene rings is 2. The summed E-state index contributed by atoms with van der Waals surface area (Å²) in [7, 11) is 0. The van der Waals surface area contributed by atoms with E-state index in [-0.39, 0.29) is 18.4 Å². The SMILES string of the molecule is O=c1[nH]c2cc3c(cc2cc1C(c1nnnn1C1CCCC1)N(Cc1ccccc1)Cc1cccnc1)OCO3. The van der Waals surface area contributed by atoms with Gasteiger partial charge in [-0.3, -0.25) is 14.7 Å². The van der Waals surface area contributed by atoms with Crippen LogP contribution < -0.4 is 15.0 Å². The summed E-state index contributed by atoms with van der Waals surface area (Å²) in [5.41, 5.74) is 3.22. The molecule has 1 aliphatic carbocycles. The smallest absolute Gasteiger partial charge is 0.253 e. The van der Waals surface area contributed by atoms with Crippen LogP contribution in [0.3, 0.4) is 0 Å². The minimum atomic E-state index is -0.519. The van der Waals surface area contributed by atoms with Gasteiger partial charge in [0.05, 0.1) is 11.6 Å². The lowest BCUT2D eigenvalue weighted by molar-refractivity contribution is 0.174. The van der Waals surface area contributed by atoms with E-state index in [9.17, 15) is 4.79 Å². The fourth-order valence-corrected chi connectivity index (χ4v) is 5.89. The quantitative estimate of drug-likeness (QED) is 0.308. The molecule has 2 aromatic carbocycles. The van der Waals surface area contributed by atoms with Gasteiger partial charge in [-0.05, 0) is 52.6 Å². The van der Waals surface area contributed by atoms with Gasteiger partial charge in [-0.2, -0.15) is 0 Å². The van der Waals surface area contributed by atoms with Crippen molar-refractivity contribution in [3.63, 3.8) is 0 Å². The van der Waals surface area contributed by atoms with E-state index in [0.717, 1.165) is 42.2 Å². The van der Waals surface area contributed by atoms with E-state index < -0.39 is 6.04 Å². The summed E-state index contributed by atoms with van der Waals surface area (Å²) in [6, 6.07) is 19.6. The summed E-state index contributed by atoms with van der Waals surface area (Å²) in [5, 5.41) is 14.0. The molecule has 7 rings (SSSR count). The number of hydrogen-bond donors (Lipinski definition) is 1. The molecule has 1 atom stereocenters. The topological polar surface area (TPSA) is 111 Å². The lowest BCUT2D eigenvalue weighted by atomic mass is 10.0. The Balaban J connectivity index is 1.41. The Bertz CT molecular complexity index is 1640. The third-order valence-corrected chi connectivity index (χ3v) is 7.80. The zero-order chi connectivity index (χ0) is 26.9. The number of ether oxygens (including phenoxy) is 2. The second kappa shape index (κ2) is 10.5. The van der Waals surface area contributed by atoms with Crippen molar-refractivity contribution >= 4 is 10.9 Å². The first-order chi connectivity index (χ1) is 19.7. The van der Waals surface area contributed by atoms with Crippen LogP contribution in [0.15, 0.2) is 77.9 Å². The molecule has 202 valence electrons. The van der Waals surface area contributed by atoms with Crippen LogP contribution in [0.2, 0.25) is 0 Å². The van der Waals surface area contributed by atoms with Crippen molar-refractivity contribution in [3.05, 3.63) is 106 Å². The first-order valence-electron chi connectivity index (χ1n) is 13.6. The zero-order valence-electron chi connectivity index (χ0n) is 21.9. The van der Waals surface area contributed by atoms with Crippen LogP contribution >= 0.6 is 0 Å². The molecule has 0 radical (unpaired) electrons. The number of pyridine rings is 2. The first-order valence-corrected chi connectivity index (χ1v) is 13.6. The lowest BCUT2D eigenvalue weighted by Crippen LogP contribution is -2.35. The number of tetrazole rings is 1. The molecule has 1 fully saturated rings. The van der Waals surface area contributed by atoms with Gasteiger partial charge in [-0.1, -0.05) is 49.2 Å². The van der Waals surface area contributed by atoms with E-state index in [1.165, 1.54) is 0 Å². The maximum atomic E-state index is 13.9. The van der Waals surface area contributed by atoms with Crippen molar-refractivity contribution in [2.45, 2.75) is 50.9 Å². The third kappa shape index (κ3) is 4.71. The largest absolute Gasteiger partial charge is 0.454 e. The van der Waals surface area contributed by atoms with Crippen molar-refractivity contribution < 1.29 is 9.47 Å². The molecule has 10 heteroatoms. The number of aromatic amines is 1. The molecule has 0 spiro atoms. The van der Waals surface area contributed by atoms with Gasteiger partial charge in [0.25, 0.3) is 5.56 Å². The summed E-state index contributed by atoms with van der Waals surface area (Å²) in [5.74, 6) is 1.95. The van der Waals surface area contributed by atoms with Gasteiger partial charge < -0.3 is 14.5 Å². The van der Waals surface area contributed by atoms with E-state index in [2.05, 4.69) is 42.5 Å². The van der Waals surface area contributed by atoms with Crippen LogP contribution in [0.1, 0.15) is 60.3 Å². The highest BCUT2D eigenvalue weighted by Crippen LogP contribution is 2.38. The van der Waals surface area contributed by atoms with Crippen molar-refractivity contribution in [3.8, 4) is 11.5 Å². The van der Waals surface area contributed by atoms with Gasteiger partial charge in [0.15, 0.2) is 17.3 Å². The Labute approximate surface area is 230 Å². The number of hydrogen-bond acceptors (Lipinski definition) is 8. The summed E-state index contributed by atoms with van der Waals surface area (Å²) in [4.78, 5) is 23.6. The highest BCUT2D eigenvalue weighted by molar-refractivity contribution is 5.83. The summed E-state index contributed by atoms with van der Waals surface area (Å²) in [6.45, 7) is 1.29. The molecule has 0 amide bonds. The molecule has 3 aromatic heterocycles. The molecule has 4 heterocycles. The molecular formula is C30H29N7O3. The van der Waals surface area contributed by atoms with Crippen LogP contribution in [-0.4, -0.2) is 41.9 Å². The highest BCUT2D eigenvalue weighted by atomic mass is 16.7. The van der Waals surface area contributed by atoms with Crippen molar-refractivity contribution in [2.24, 2.45) is 0 Å². The number of aromatic nitrogens is 6. The van der Waals surface area contributed by atoms with E-state index in [1.807, 2.05) is 59.4 Å². The fourth-order valence-electron chi connectivity index (χ4n) is 5.89. The van der Waals surface area contributed by atoms with Gasteiger partial charge >= 0.3 is 0 Å². The van der Waals surface area contributed by atoms with Crippen molar-refractivity contribution in [1.29, 1.82) is 0 Å². The second-order valence-electron chi connectivity index (χ2n) is 10.4. The molecule has 40 heavy (non-hydrogen) atoms. The summed E-state index contributed by atoms with van der Waals surface area (Å²) >= 11 is 0. The summed E-state index contributed by atoms with van der Waals surface area (Å²) in [6.07, 6.45) is 7.94. The number of H-pyrrole nitrogens is 1. The Morgan fingerprint density at radius 2 is 1.75 bits per heavy atom. The molecule has 2 aliphatic rings. The van der Waals surface area contributed by atoms with E-state index in [1.54, 1.807) is 6.20 Å². The van der Waals surface area contributed by atoms with Crippen LogP contribution in [0.25, 0.3) is 10.9 Å². The van der Waals surface area contributed by atoms with Crippen LogP contribution in [-0.2, 0) is 13.1 Å². The van der Waals surface area contributed by atoms with E-state index in [4.69, 9.17) is 9.47 Å².